The Kier molecular flexibility index (Phi) is 6.71. The second-order valence-electron chi connectivity index (χ2n) is 6.43. The number of hydrogen-bond acceptors (Lipinski definition) is 5. The number of nitrogens with one attached hydrogen (secondary N) is 2. The van der Waals surface area contributed by atoms with Crippen LogP contribution in [0, 0.1) is 5.82 Å². The summed E-state index contributed by atoms with van der Waals surface area (Å²) in [7, 11) is 4.44. The van der Waals surface area contributed by atoms with Gasteiger partial charge in [-0.1, -0.05) is 6.07 Å². The topological polar surface area (TPSA) is 85.9 Å². The Balaban J connectivity index is 1.83. The van der Waals surface area contributed by atoms with Gasteiger partial charge in [0, 0.05) is 22.9 Å². The van der Waals surface area contributed by atoms with Gasteiger partial charge in [-0.05, 0) is 48.5 Å². The Morgan fingerprint density at radius 2 is 1.42 bits per heavy atom. The predicted octanol–water partition coefficient (Wildman–Crippen LogP) is 4.36. The van der Waals surface area contributed by atoms with Crippen molar-refractivity contribution in [1.29, 1.82) is 0 Å². The maximum absolute atomic E-state index is 13.4. The molecule has 0 fully saturated rings. The molecule has 0 spiro atoms. The number of benzene rings is 3. The lowest BCUT2D eigenvalue weighted by Gasteiger charge is -2.13. The van der Waals surface area contributed by atoms with Crippen LogP contribution in [0.1, 0.15) is 20.7 Å². The molecule has 0 bridgehead atoms. The van der Waals surface area contributed by atoms with E-state index in [-0.39, 0.29) is 5.56 Å². The van der Waals surface area contributed by atoms with E-state index in [0.717, 1.165) is 6.07 Å². The van der Waals surface area contributed by atoms with Crippen LogP contribution in [0.4, 0.5) is 15.8 Å². The van der Waals surface area contributed by atoms with Crippen LogP contribution in [0.25, 0.3) is 0 Å². The van der Waals surface area contributed by atoms with Crippen LogP contribution in [0.5, 0.6) is 17.2 Å². The molecular weight excluding hydrogens is 403 g/mol. The zero-order valence-corrected chi connectivity index (χ0v) is 17.2. The van der Waals surface area contributed by atoms with Crippen molar-refractivity contribution in [2.45, 2.75) is 0 Å². The zero-order chi connectivity index (χ0) is 22.4. The molecule has 0 unspecified atom stereocenters. The highest BCUT2D eigenvalue weighted by molar-refractivity contribution is 6.07. The van der Waals surface area contributed by atoms with Gasteiger partial charge >= 0.3 is 0 Å². The van der Waals surface area contributed by atoms with Crippen molar-refractivity contribution in [3.05, 3.63) is 77.6 Å². The van der Waals surface area contributed by atoms with Crippen molar-refractivity contribution in [3.8, 4) is 17.2 Å². The van der Waals surface area contributed by atoms with Crippen molar-refractivity contribution >= 4 is 23.2 Å². The molecule has 0 saturated carbocycles. The van der Waals surface area contributed by atoms with E-state index in [1.165, 1.54) is 39.5 Å². The minimum absolute atomic E-state index is 0.153. The van der Waals surface area contributed by atoms with Crippen molar-refractivity contribution in [2.24, 2.45) is 0 Å². The van der Waals surface area contributed by atoms with Gasteiger partial charge in [-0.25, -0.2) is 4.39 Å². The molecule has 2 N–H and O–H groups in total. The Hall–Kier alpha value is -4.07. The van der Waals surface area contributed by atoms with Gasteiger partial charge in [0.05, 0.1) is 27.0 Å². The first kappa shape index (κ1) is 21.6. The molecule has 0 aliphatic carbocycles. The fourth-order valence-electron chi connectivity index (χ4n) is 2.85. The zero-order valence-electron chi connectivity index (χ0n) is 17.2. The van der Waals surface area contributed by atoms with Gasteiger partial charge in [0.1, 0.15) is 23.1 Å². The van der Waals surface area contributed by atoms with Crippen LogP contribution < -0.4 is 24.8 Å². The molecule has 0 aromatic heterocycles. The van der Waals surface area contributed by atoms with Crippen LogP contribution in [-0.2, 0) is 0 Å². The van der Waals surface area contributed by atoms with Crippen molar-refractivity contribution < 1.29 is 28.2 Å². The number of amides is 2. The Bertz CT molecular complexity index is 1090. The summed E-state index contributed by atoms with van der Waals surface area (Å²) in [5.41, 5.74) is 1.22. The SMILES string of the molecule is COc1cc(OC)cc(C(=O)Nc2ccc(OC)c(NC(=O)c3cccc(F)c3)c2)c1. The second kappa shape index (κ2) is 9.62. The highest BCUT2D eigenvalue weighted by Crippen LogP contribution is 2.29. The highest BCUT2D eigenvalue weighted by atomic mass is 19.1. The lowest BCUT2D eigenvalue weighted by Crippen LogP contribution is -2.15. The Morgan fingerprint density at radius 1 is 0.742 bits per heavy atom. The molecule has 3 aromatic rings. The number of anilines is 2. The normalized spacial score (nSPS) is 10.2. The van der Waals surface area contributed by atoms with Crippen LogP contribution in [0.15, 0.2) is 60.7 Å². The average Bonchev–Trinajstić information content (AvgIpc) is 2.78. The molecule has 3 aromatic carbocycles. The molecule has 3 rings (SSSR count). The second-order valence-corrected chi connectivity index (χ2v) is 6.43. The minimum atomic E-state index is -0.519. The summed E-state index contributed by atoms with van der Waals surface area (Å²) < 4.78 is 29.1. The number of hydrogen-bond donors (Lipinski definition) is 2. The van der Waals surface area contributed by atoms with Gasteiger partial charge < -0.3 is 24.8 Å². The first-order valence-corrected chi connectivity index (χ1v) is 9.23. The number of rotatable bonds is 7. The van der Waals surface area contributed by atoms with Crippen molar-refractivity contribution in [2.75, 3.05) is 32.0 Å². The van der Waals surface area contributed by atoms with E-state index in [1.54, 1.807) is 36.4 Å². The lowest BCUT2D eigenvalue weighted by atomic mass is 10.1. The molecular formula is C23H21FN2O5. The van der Waals surface area contributed by atoms with Gasteiger partial charge in [-0.2, -0.15) is 0 Å². The van der Waals surface area contributed by atoms with Crippen LogP contribution in [0.3, 0.4) is 0 Å². The van der Waals surface area contributed by atoms with Crippen LogP contribution >= 0.6 is 0 Å². The number of methoxy groups -OCH3 is 3. The van der Waals surface area contributed by atoms with Gasteiger partial charge in [-0.15, -0.1) is 0 Å². The summed E-state index contributed by atoms with van der Waals surface area (Å²) in [5.74, 6) is -0.103. The fraction of sp³-hybridized carbons (Fsp3) is 0.130. The number of carbonyl (C=O) groups is 2. The van der Waals surface area contributed by atoms with Gasteiger partial charge in [-0.3, -0.25) is 9.59 Å². The standard InChI is InChI=1S/C23H21FN2O5/c1-29-18-10-15(11-19(13-18)30-2)23(28)25-17-7-8-21(31-3)20(12-17)26-22(27)14-5-4-6-16(24)9-14/h4-13H,1-3H3,(H,25,28)(H,26,27). The maximum Gasteiger partial charge on any atom is 0.255 e. The van der Waals surface area contributed by atoms with E-state index >= 15 is 0 Å². The first-order valence-electron chi connectivity index (χ1n) is 9.23. The summed E-state index contributed by atoms with van der Waals surface area (Å²) in [5, 5.41) is 5.43. The summed E-state index contributed by atoms with van der Waals surface area (Å²) in [6.45, 7) is 0. The largest absolute Gasteiger partial charge is 0.497 e. The van der Waals surface area contributed by atoms with Gasteiger partial charge in [0.25, 0.3) is 11.8 Å². The van der Waals surface area contributed by atoms with Crippen LogP contribution in [-0.4, -0.2) is 33.1 Å². The third-order valence-electron chi connectivity index (χ3n) is 4.41. The van der Waals surface area contributed by atoms with Crippen molar-refractivity contribution in [3.63, 3.8) is 0 Å². The minimum Gasteiger partial charge on any atom is -0.497 e. The van der Waals surface area contributed by atoms with E-state index in [0.29, 0.717) is 34.2 Å². The monoisotopic (exact) mass is 424 g/mol. The Labute approximate surface area is 178 Å². The van der Waals surface area contributed by atoms with Crippen molar-refractivity contribution in [1.82, 2.24) is 0 Å². The number of ether oxygens (including phenoxy) is 3. The summed E-state index contributed by atoms with van der Waals surface area (Å²) in [4.78, 5) is 25.2. The van der Waals surface area contributed by atoms with E-state index in [4.69, 9.17) is 14.2 Å². The molecule has 0 atom stereocenters. The predicted molar refractivity (Wildman–Crippen MR) is 115 cm³/mol. The molecule has 0 radical (unpaired) electrons. The van der Waals surface area contributed by atoms with Crippen LogP contribution in [0.2, 0.25) is 0 Å². The van der Waals surface area contributed by atoms with E-state index < -0.39 is 17.6 Å². The molecule has 0 aliphatic heterocycles. The molecule has 160 valence electrons. The van der Waals surface area contributed by atoms with E-state index in [2.05, 4.69) is 10.6 Å². The third-order valence-corrected chi connectivity index (χ3v) is 4.41. The van der Waals surface area contributed by atoms with E-state index in [1.807, 2.05) is 0 Å². The van der Waals surface area contributed by atoms with Gasteiger partial charge in [0.15, 0.2) is 0 Å². The van der Waals surface area contributed by atoms with Gasteiger partial charge in [0.2, 0.25) is 0 Å². The third kappa shape index (κ3) is 5.30. The Morgan fingerprint density at radius 3 is 2.03 bits per heavy atom. The number of carbonyl (C=O) groups excluding carboxylic acids is 2. The molecule has 31 heavy (non-hydrogen) atoms. The first-order chi connectivity index (χ1) is 14.9. The number of halogens is 1. The quantitative estimate of drug-likeness (QED) is 0.589. The summed E-state index contributed by atoms with van der Waals surface area (Å²) in [6.07, 6.45) is 0. The maximum atomic E-state index is 13.4. The lowest BCUT2D eigenvalue weighted by molar-refractivity contribution is 0.101. The molecule has 0 saturated heterocycles. The summed E-state index contributed by atoms with van der Waals surface area (Å²) >= 11 is 0. The fourth-order valence-corrected chi connectivity index (χ4v) is 2.85. The molecule has 7 nitrogen and oxygen atoms in total. The molecule has 0 heterocycles. The van der Waals surface area contributed by atoms with E-state index in [9.17, 15) is 14.0 Å². The summed E-state index contributed by atoms with van der Waals surface area (Å²) in [6, 6.07) is 14.9. The molecule has 0 aliphatic rings. The highest BCUT2D eigenvalue weighted by Gasteiger charge is 2.14. The molecule has 2 amide bonds. The smallest absolute Gasteiger partial charge is 0.255 e. The average molecular weight is 424 g/mol. The molecule has 8 heteroatoms.